The van der Waals surface area contributed by atoms with E-state index >= 15 is 0 Å². The zero-order chi connectivity index (χ0) is 17.7. The maximum Gasteiger partial charge on any atom is 0.305 e. The summed E-state index contributed by atoms with van der Waals surface area (Å²) in [6.45, 7) is 1.74. The summed E-state index contributed by atoms with van der Waals surface area (Å²) in [6, 6.07) is 2.07. The number of carboxylic acids is 1. The number of carboxylic acid groups (broad SMARTS) is 1. The second-order valence-corrected chi connectivity index (χ2v) is 5.78. The van der Waals surface area contributed by atoms with Crippen molar-refractivity contribution in [2.75, 3.05) is 6.61 Å². The van der Waals surface area contributed by atoms with Gasteiger partial charge in [-0.1, -0.05) is 11.8 Å². The second-order valence-electron chi connectivity index (χ2n) is 4.59. The van der Waals surface area contributed by atoms with Gasteiger partial charge in [0.15, 0.2) is 22.6 Å². The highest BCUT2D eigenvalue weighted by atomic mass is 32.2. The summed E-state index contributed by atoms with van der Waals surface area (Å²) < 4.78 is 32.2. The maximum atomic E-state index is 13.7. The van der Waals surface area contributed by atoms with Gasteiger partial charge in [-0.15, -0.1) is 5.10 Å². The van der Waals surface area contributed by atoms with Crippen LogP contribution in [0.25, 0.3) is 0 Å². The highest BCUT2D eigenvalue weighted by Crippen LogP contribution is 2.23. The van der Waals surface area contributed by atoms with Crippen molar-refractivity contribution in [2.45, 2.75) is 18.6 Å². The van der Waals surface area contributed by atoms with E-state index in [1.54, 1.807) is 6.92 Å². The fourth-order valence-electron chi connectivity index (χ4n) is 1.83. The van der Waals surface area contributed by atoms with Crippen LogP contribution in [0, 0.1) is 11.6 Å². The average molecular weight is 357 g/mol. The number of hydrogen-bond donors (Lipinski definition) is 2. The first-order valence-electron chi connectivity index (χ1n) is 6.83. The summed E-state index contributed by atoms with van der Waals surface area (Å²) in [6.07, 6.45) is 0.765. The van der Waals surface area contributed by atoms with E-state index in [-0.39, 0.29) is 23.8 Å². The minimum Gasteiger partial charge on any atom is -0.488 e. The number of amides is 1. The normalized spacial score (nSPS) is 19.0. The lowest BCUT2D eigenvalue weighted by Gasteiger charge is -2.06. The minimum atomic E-state index is -1.10. The highest BCUT2D eigenvalue weighted by Gasteiger charge is 2.32. The fourth-order valence-corrected chi connectivity index (χ4v) is 2.74. The summed E-state index contributed by atoms with van der Waals surface area (Å²) in [5.41, 5.74) is 0.120. The van der Waals surface area contributed by atoms with Crippen LogP contribution in [0.5, 0.6) is 5.75 Å². The lowest BCUT2D eigenvalue weighted by atomic mass is 10.2. The molecule has 2 rings (SSSR count). The second kappa shape index (κ2) is 7.86. The topological polar surface area (TPSA) is 100 Å². The fraction of sp³-hybridized carbons (Fsp3) is 0.286. The van der Waals surface area contributed by atoms with Gasteiger partial charge in [0.05, 0.1) is 19.2 Å². The third-order valence-electron chi connectivity index (χ3n) is 2.80. The van der Waals surface area contributed by atoms with E-state index in [9.17, 15) is 18.4 Å². The molecule has 0 aliphatic carbocycles. The molecule has 1 saturated heterocycles. The van der Waals surface area contributed by atoms with E-state index in [0.29, 0.717) is 0 Å². The molecule has 1 fully saturated rings. The molecule has 24 heavy (non-hydrogen) atoms. The van der Waals surface area contributed by atoms with Crippen LogP contribution in [0.1, 0.15) is 18.9 Å². The Hall–Kier alpha value is -2.49. The number of aliphatic carboxylic acids is 1. The quantitative estimate of drug-likeness (QED) is 0.597. The number of carbonyl (C=O) groups is 2. The molecule has 0 aromatic heterocycles. The summed E-state index contributed by atoms with van der Waals surface area (Å²) in [5.74, 6) is -3.77. The summed E-state index contributed by atoms with van der Waals surface area (Å²) in [4.78, 5) is 22.1. The van der Waals surface area contributed by atoms with Crippen LogP contribution in [0.2, 0.25) is 0 Å². The van der Waals surface area contributed by atoms with Crippen LogP contribution >= 0.6 is 11.8 Å². The molecule has 128 valence electrons. The summed E-state index contributed by atoms with van der Waals surface area (Å²) >= 11 is 0.924. The van der Waals surface area contributed by atoms with Gasteiger partial charge >= 0.3 is 5.97 Å². The first-order valence-corrected chi connectivity index (χ1v) is 7.70. The lowest BCUT2D eigenvalue weighted by molar-refractivity contribution is -0.138. The van der Waals surface area contributed by atoms with Crippen LogP contribution in [-0.4, -0.2) is 40.2 Å². The monoisotopic (exact) mass is 357 g/mol. The van der Waals surface area contributed by atoms with Crippen LogP contribution in [0.15, 0.2) is 22.3 Å². The van der Waals surface area contributed by atoms with Gasteiger partial charge in [0.2, 0.25) is 5.91 Å². The Morgan fingerprint density at radius 1 is 1.46 bits per heavy atom. The van der Waals surface area contributed by atoms with E-state index in [1.807, 2.05) is 0 Å². The number of rotatable bonds is 6. The molecule has 1 aliphatic heterocycles. The number of nitrogens with one attached hydrogen (secondary N) is 1. The molecule has 10 heteroatoms. The third-order valence-corrected chi connectivity index (χ3v) is 3.87. The Bertz CT molecular complexity index is 701. The zero-order valence-corrected chi connectivity index (χ0v) is 13.3. The number of carbonyl (C=O) groups excluding carboxylic acids is 1. The van der Waals surface area contributed by atoms with Gasteiger partial charge in [-0.3, -0.25) is 9.59 Å². The smallest absolute Gasteiger partial charge is 0.305 e. The number of hydrogen-bond acceptors (Lipinski definition) is 6. The number of nitrogens with zero attached hydrogens (tertiary/aromatic N) is 2. The van der Waals surface area contributed by atoms with Crippen molar-refractivity contribution >= 4 is 35.0 Å². The maximum absolute atomic E-state index is 13.7. The van der Waals surface area contributed by atoms with E-state index < -0.39 is 34.5 Å². The van der Waals surface area contributed by atoms with Gasteiger partial charge < -0.3 is 15.2 Å². The number of ether oxygens (including phenoxy) is 1. The van der Waals surface area contributed by atoms with Crippen LogP contribution in [0.3, 0.4) is 0 Å². The van der Waals surface area contributed by atoms with Gasteiger partial charge in [-0.2, -0.15) is 5.10 Å². The Kier molecular flexibility index (Phi) is 5.85. The number of thioether (sulfide) groups is 1. The van der Waals surface area contributed by atoms with Crippen LogP contribution in [-0.2, 0) is 9.59 Å². The molecule has 1 heterocycles. The Morgan fingerprint density at radius 2 is 2.12 bits per heavy atom. The van der Waals surface area contributed by atoms with Crippen molar-refractivity contribution in [1.82, 2.24) is 5.32 Å². The molecule has 0 spiro atoms. The Morgan fingerprint density at radius 3 is 2.71 bits per heavy atom. The average Bonchev–Trinajstić information content (AvgIpc) is 2.82. The SMILES string of the molecule is CCOc1c(F)cc(C=NN=C2NC(=O)C(CC(=O)O)S2)cc1F. The molecule has 0 bridgehead atoms. The third kappa shape index (κ3) is 4.51. The van der Waals surface area contributed by atoms with Crippen molar-refractivity contribution < 1.29 is 28.2 Å². The summed E-state index contributed by atoms with van der Waals surface area (Å²) in [5, 5.41) is 17.7. The minimum absolute atomic E-state index is 0.120. The van der Waals surface area contributed by atoms with Gasteiger partial charge in [-0.05, 0) is 19.1 Å². The Balaban J connectivity index is 2.07. The lowest BCUT2D eigenvalue weighted by Crippen LogP contribution is -2.26. The van der Waals surface area contributed by atoms with E-state index in [0.717, 1.165) is 30.1 Å². The molecule has 1 unspecified atom stereocenters. The predicted octanol–water partition coefficient (Wildman–Crippen LogP) is 1.76. The van der Waals surface area contributed by atoms with Crippen molar-refractivity contribution in [3.63, 3.8) is 0 Å². The molecule has 1 amide bonds. The van der Waals surface area contributed by atoms with Crippen molar-refractivity contribution in [3.05, 3.63) is 29.3 Å². The van der Waals surface area contributed by atoms with Crippen molar-refractivity contribution in [3.8, 4) is 5.75 Å². The van der Waals surface area contributed by atoms with Gasteiger partial charge in [0.25, 0.3) is 0 Å². The Labute approximate surface area is 139 Å². The molecular weight excluding hydrogens is 344 g/mol. The molecule has 1 atom stereocenters. The largest absolute Gasteiger partial charge is 0.488 e. The molecule has 2 N–H and O–H groups in total. The molecule has 1 aliphatic rings. The highest BCUT2D eigenvalue weighted by molar-refractivity contribution is 8.15. The van der Waals surface area contributed by atoms with Crippen molar-refractivity contribution in [2.24, 2.45) is 10.2 Å². The molecular formula is C14H13F2N3O4S. The van der Waals surface area contributed by atoms with E-state index in [4.69, 9.17) is 9.84 Å². The first kappa shape index (κ1) is 17.9. The van der Waals surface area contributed by atoms with Crippen LogP contribution in [0.4, 0.5) is 8.78 Å². The van der Waals surface area contributed by atoms with Gasteiger partial charge in [0.1, 0.15) is 5.25 Å². The number of benzene rings is 1. The van der Waals surface area contributed by atoms with Crippen molar-refractivity contribution in [1.29, 1.82) is 0 Å². The van der Waals surface area contributed by atoms with Gasteiger partial charge in [-0.25, -0.2) is 8.78 Å². The van der Waals surface area contributed by atoms with E-state index in [1.165, 1.54) is 0 Å². The molecule has 1 aromatic rings. The first-order chi connectivity index (χ1) is 11.4. The van der Waals surface area contributed by atoms with Crippen LogP contribution < -0.4 is 10.1 Å². The van der Waals surface area contributed by atoms with Gasteiger partial charge in [0, 0.05) is 5.56 Å². The predicted molar refractivity (Wildman–Crippen MR) is 84.3 cm³/mol. The van der Waals surface area contributed by atoms with E-state index in [2.05, 4.69) is 15.5 Å². The number of halogens is 2. The molecule has 7 nitrogen and oxygen atoms in total. The molecule has 1 aromatic carbocycles. The molecule has 0 saturated carbocycles. The zero-order valence-electron chi connectivity index (χ0n) is 12.5. The molecule has 0 radical (unpaired) electrons. The number of amidine groups is 1. The standard InChI is InChI=1S/C14H13F2N3O4S/c1-2-23-12-8(15)3-7(4-9(12)16)6-17-19-14-18-13(22)10(24-14)5-11(20)21/h3-4,6,10H,2,5H2,1H3,(H,20,21)(H,18,19,22). The summed E-state index contributed by atoms with van der Waals surface area (Å²) in [7, 11) is 0.